The van der Waals surface area contributed by atoms with Gasteiger partial charge in [0.2, 0.25) is 0 Å². The van der Waals surface area contributed by atoms with E-state index in [2.05, 4.69) is 0 Å². The summed E-state index contributed by atoms with van der Waals surface area (Å²) in [5.74, 6) is -1.07. The van der Waals surface area contributed by atoms with Crippen LogP contribution in [0.3, 0.4) is 0 Å². The van der Waals surface area contributed by atoms with E-state index in [1.807, 2.05) is 28.3 Å². The van der Waals surface area contributed by atoms with Gasteiger partial charge in [-0.15, -0.1) is 11.3 Å². The van der Waals surface area contributed by atoms with Gasteiger partial charge in [-0.05, 0) is 46.7 Å². The second-order valence-corrected chi connectivity index (χ2v) is 8.28. The molecule has 2 amide bonds. The van der Waals surface area contributed by atoms with Crippen molar-refractivity contribution in [3.05, 3.63) is 44.8 Å². The summed E-state index contributed by atoms with van der Waals surface area (Å²) in [5.41, 5.74) is 1.05. The first-order valence-corrected chi connectivity index (χ1v) is 10.6. The second-order valence-electron chi connectivity index (χ2n) is 6.56. The van der Waals surface area contributed by atoms with Crippen LogP contribution in [0.5, 0.6) is 0 Å². The van der Waals surface area contributed by atoms with Gasteiger partial charge in [-0.1, -0.05) is 6.07 Å². The summed E-state index contributed by atoms with van der Waals surface area (Å²) in [6.45, 7) is 1.21. The Morgan fingerprint density at radius 3 is 2.85 bits per heavy atom. The number of rotatable bonds is 6. The molecule has 0 N–H and O–H groups in total. The first kappa shape index (κ1) is 19.6. The SMILES string of the molecule is CN(Cc1ccsc1)C(=O)COC(=O)C1CCCN(C(=O)c2cccs2)C1. The average molecular weight is 407 g/mol. The number of carbonyl (C=O) groups is 3. The molecule has 1 saturated heterocycles. The Hall–Kier alpha value is -2.19. The van der Waals surface area contributed by atoms with Crippen LogP contribution in [0.1, 0.15) is 28.1 Å². The molecular weight excluding hydrogens is 384 g/mol. The van der Waals surface area contributed by atoms with Crippen molar-refractivity contribution in [3.8, 4) is 0 Å². The fourth-order valence-corrected chi connectivity index (χ4v) is 4.37. The van der Waals surface area contributed by atoms with E-state index in [0.717, 1.165) is 12.0 Å². The number of thiophene rings is 2. The standard InChI is InChI=1S/C19H22N2O4S2/c1-20(10-14-6-9-26-13-14)17(22)12-25-19(24)15-4-2-7-21(11-15)18(23)16-5-3-8-27-16/h3,5-6,8-9,13,15H,2,4,7,10-12H2,1H3. The van der Waals surface area contributed by atoms with E-state index >= 15 is 0 Å². The number of hydrogen-bond donors (Lipinski definition) is 0. The van der Waals surface area contributed by atoms with E-state index in [1.54, 1.807) is 34.3 Å². The van der Waals surface area contributed by atoms with Gasteiger partial charge in [-0.2, -0.15) is 11.3 Å². The Labute approximate surface area is 166 Å². The van der Waals surface area contributed by atoms with Gasteiger partial charge in [-0.25, -0.2) is 0 Å². The normalized spacial score (nSPS) is 16.8. The van der Waals surface area contributed by atoms with Crippen LogP contribution in [0.2, 0.25) is 0 Å². The number of nitrogens with zero attached hydrogens (tertiary/aromatic N) is 2. The molecule has 1 atom stereocenters. The Balaban J connectivity index is 1.47. The molecule has 0 spiro atoms. The van der Waals surface area contributed by atoms with Crippen molar-refractivity contribution in [2.75, 3.05) is 26.7 Å². The minimum absolute atomic E-state index is 0.0472. The molecule has 1 unspecified atom stereocenters. The zero-order valence-corrected chi connectivity index (χ0v) is 16.8. The molecule has 1 fully saturated rings. The van der Waals surface area contributed by atoms with Crippen molar-refractivity contribution in [1.82, 2.24) is 9.80 Å². The summed E-state index contributed by atoms with van der Waals surface area (Å²) >= 11 is 2.97. The molecule has 1 aliphatic heterocycles. The van der Waals surface area contributed by atoms with Crippen LogP contribution in [-0.2, 0) is 20.9 Å². The third kappa shape index (κ3) is 5.17. The molecule has 0 aliphatic carbocycles. The molecule has 1 aliphatic rings. The van der Waals surface area contributed by atoms with E-state index in [4.69, 9.17) is 4.74 Å². The summed E-state index contributed by atoms with van der Waals surface area (Å²) in [6, 6.07) is 5.59. The molecule has 144 valence electrons. The number of piperidine rings is 1. The molecule has 0 bridgehead atoms. The maximum absolute atomic E-state index is 12.5. The molecule has 0 aromatic carbocycles. The Kier molecular flexibility index (Phi) is 6.63. The minimum atomic E-state index is -0.407. The highest BCUT2D eigenvalue weighted by atomic mass is 32.1. The van der Waals surface area contributed by atoms with Gasteiger partial charge in [0.1, 0.15) is 0 Å². The van der Waals surface area contributed by atoms with Crippen molar-refractivity contribution in [2.45, 2.75) is 19.4 Å². The van der Waals surface area contributed by atoms with Crippen LogP contribution in [0.15, 0.2) is 34.3 Å². The van der Waals surface area contributed by atoms with Gasteiger partial charge >= 0.3 is 5.97 Å². The van der Waals surface area contributed by atoms with Crippen LogP contribution >= 0.6 is 22.7 Å². The second kappa shape index (κ2) is 9.14. The van der Waals surface area contributed by atoms with E-state index in [1.165, 1.54) is 11.3 Å². The fraction of sp³-hybridized carbons (Fsp3) is 0.421. The predicted octanol–water partition coefficient (Wildman–Crippen LogP) is 2.86. The largest absolute Gasteiger partial charge is 0.455 e. The average Bonchev–Trinajstić information content (AvgIpc) is 3.39. The first-order chi connectivity index (χ1) is 13.0. The van der Waals surface area contributed by atoms with Crippen LogP contribution in [0, 0.1) is 5.92 Å². The van der Waals surface area contributed by atoms with Crippen LogP contribution in [0.25, 0.3) is 0 Å². The molecule has 0 saturated carbocycles. The monoisotopic (exact) mass is 406 g/mol. The lowest BCUT2D eigenvalue weighted by Crippen LogP contribution is -2.43. The van der Waals surface area contributed by atoms with Crippen molar-refractivity contribution in [2.24, 2.45) is 5.92 Å². The summed E-state index contributed by atoms with van der Waals surface area (Å²) in [7, 11) is 1.69. The third-order valence-electron chi connectivity index (χ3n) is 4.54. The maximum Gasteiger partial charge on any atom is 0.311 e. The number of esters is 1. The molecule has 0 radical (unpaired) electrons. The molecule has 2 aromatic rings. The van der Waals surface area contributed by atoms with E-state index in [0.29, 0.717) is 30.9 Å². The maximum atomic E-state index is 12.5. The highest BCUT2D eigenvalue weighted by molar-refractivity contribution is 7.12. The predicted molar refractivity (Wildman–Crippen MR) is 105 cm³/mol. The Morgan fingerprint density at radius 2 is 2.15 bits per heavy atom. The van der Waals surface area contributed by atoms with Crippen molar-refractivity contribution >= 4 is 40.5 Å². The van der Waals surface area contributed by atoms with Crippen molar-refractivity contribution < 1.29 is 19.1 Å². The van der Waals surface area contributed by atoms with E-state index < -0.39 is 5.97 Å². The number of carbonyl (C=O) groups excluding carboxylic acids is 3. The molecule has 6 nitrogen and oxygen atoms in total. The lowest BCUT2D eigenvalue weighted by Gasteiger charge is -2.31. The molecule has 2 aromatic heterocycles. The van der Waals surface area contributed by atoms with Gasteiger partial charge in [0.15, 0.2) is 6.61 Å². The summed E-state index contributed by atoms with van der Waals surface area (Å²) in [4.78, 5) is 40.9. The summed E-state index contributed by atoms with van der Waals surface area (Å²) < 4.78 is 5.24. The van der Waals surface area contributed by atoms with Gasteiger partial charge in [-0.3, -0.25) is 14.4 Å². The highest BCUT2D eigenvalue weighted by Gasteiger charge is 2.30. The number of amides is 2. The lowest BCUT2D eigenvalue weighted by molar-refractivity contribution is -0.156. The third-order valence-corrected chi connectivity index (χ3v) is 6.13. The molecular formula is C19H22N2O4S2. The Bertz CT molecular complexity index is 774. The van der Waals surface area contributed by atoms with Crippen LogP contribution < -0.4 is 0 Å². The highest BCUT2D eigenvalue weighted by Crippen LogP contribution is 2.21. The fourth-order valence-electron chi connectivity index (χ4n) is 3.02. The molecule has 3 rings (SSSR count). The van der Waals surface area contributed by atoms with Gasteiger partial charge in [0.05, 0.1) is 10.8 Å². The molecule has 3 heterocycles. The zero-order chi connectivity index (χ0) is 19.2. The van der Waals surface area contributed by atoms with Gasteiger partial charge in [0, 0.05) is 26.7 Å². The van der Waals surface area contributed by atoms with Crippen LogP contribution in [-0.4, -0.2) is 54.3 Å². The smallest absolute Gasteiger partial charge is 0.311 e. The van der Waals surface area contributed by atoms with Gasteiger partial charge in [0.25, 0.3) is 11.8 Å². The summed E-state index contributed by atoms with van der Waals surface area (Å²) in [6.07, 6.45) is 1.43. The van der Waals surface area contributed by atoms with E-state index in [-0.39, 0.29) is 24.3 Å². The quantitative estimate of drug-likeness (QED) is 0.692. The van der Waals surface area contributed by atoms with E-state index in [9.17, 15) is 14.4 Å². The van der Waals surface area contributed by atoms with Gasteiger partial charge < -0.3 is 14.5 Å². The molecule has 8 heteroatoms. The number of ether oxygens (including phenoxy) is 1. The first-order valence-electron chi connectivity index (χ1n) is 8.79. The van der Waals surface area contributed by atoms with Crippen LogP contribution in [0.4, 0.5) is 0 Å². The topological polar surface area (TPSA) is 66.9 Å². The molecule has 27 heavy (non-hydrogen) atoms. The Morgan fingerprint density at radius 1 is 1.30 bits per heavy atom. The minimum Gasteiger partial charge on any atom is -0.455 e. The lowest BCUT2D eigenvalue weighted by atomic mass is 9.98. The number of likely N-dealkylation sites (tertiary alicyclic amines) is 1. The number of likely N-dealkylation sites (N-methyl/N-ethyl adjacent to an activating group) is 1. The van der Waals surface area contributed by atoms with Crippen molar-refractivity contribution in [3.63, 3.8) is 0 Å². The zero-order valence-electron chi connectivity index (χ0n) is 15.1. The number of hydrogen-bond acceptors (Lipinski definition) is 6. The summed E-state index contributed by atoms with van der Waals surface area (Å²) in [5, 5.41) is 5.80. The van der Waals surface area contributed by atoms with Crippen molar-refractivity contribution in [1.29, 1.82) is 0 Å².